The lowest BCUT2D eigenvalue weighted by molar-refractivity contribution is 0.393. The Morgan fingerprint density at radius 2 is 1.93 bits per heavy atom. The van der Waals surface area contributed by atoms with Crippen molar-refractivity contribution in [3.05, 3.63) is 59.8 Å². The van der Waals surface area contributed by atoms with Crippen LogP contribution in [0, 0.1) is 6.92 Å². The number of rotatable bonds is 6. The fraction of sp³-hybridized carbons (Fsp3) is 0.333. The molecule has 0 saturated heterocycles. The Balaban J connectivity index is 1.68. The predicted octanol–water partition coefficient (Wildman–Crippen LogP) is 3.84. The SMILES string of the molecule is COc1ccc(C)cc1S(=O)(=O)N(C)CC1(c2c[nH]c3ccccc23)CC1. The van der Waals surface area contributed by atoms with Crippen LogP contribution in [0.1, 0.15) is 24.0 Å². The van der Waals surface area contributed by atoms with E-state index in [1.54, 1.807) is 19.2 Å². The normalized spacial score (nSPS) is 16.0. The third kappa shape index (κ3) is 3.03. The molecular weight excluding hydrogens is 360 g/mol. The summed E-state index contributed by atoms with van der Waals surface area (Å²) in [5, 5.41) is 1.17. The number of hydrogen-bond donors (Lipinski definition) is 1. The Bertz CT molecular complexity index is 1100. The number of nitrogens with zero attached hydrogens (tertiary/aromatic N) is 1. The molecule has 1 heterocycles. The molecule has 0 unspecified atom stereocenters. The summed E-state index contributed by atoms with van der Waals surface area (Å²) < 4.78 is 33.3. The van der Waals surface area contributed by atoms with Crippen LogP contribution >= 0.6 is 0 Å². The minimum Gasteiger partial charge on any atom is -0.495 e. The summed E-state index contributed by atoms with van der Waals surface area (Å²) in [4.78, 5) is 3.54. The summed E-state index contributed by atoms with van der Waals surface area (Å²) in [5.74, 6) is 0.379. The third-order valence-corrected chi connectivity index (χ3v) is 7.37. The standard InChI is InChI=1S/C21H24N2O3S/c1-15-8-9-19(26-3)20(12-15)27(24,25)23(2)14-21(10-11-21)17-13-22-18-7-5-4-6-16(17)18/h4-9,12-13,22H,10-11,14H2,1-3H3. The molecule has 142 valence electrons. The number of para-hydroxylation sites is 1. The zero-order valence-electron chi connectivity index (χ0n) is 15.8. The summed E-state index contributed by atoms with van der Waals surface area (Å²) in [7, 11) is -0.487. The quantitative estimate of drug-likeness (QED) is 0.702. The minimum absolute atomic E-state index is 0.127. The molecule has 0 radical (unpaired) electrons. The number of sulfonamides is 1. The Hall–Kier alpha value is -2.31. The van der Waals surface area contributed by atoms with Gasteiger partial charge in [-0.2, -0.15) is 4.31 Å². The molecule has 1 fully saturated rings. The molecule has 0 aliphatic heterocycles. The largest absolute Gasteiger partial charge is 0.495 e. The lowest BCUT2D eigenvalue weighted by Crippen LogP contribution is -2.34. The van der Waals surface area contributed by atoms with Gasteiger partial charge in [0, 0.05) is 36.1 Å². The van der Waals surface area contributed by atoms with Crippen LogP contribution in [0.25, 0.3) is 10.9 Å². The number of fused-ring (bicyclic) bond motifs is 1. The van der Waals surface area contributed by atoms with Gasteiger partial charge in [0.15, 0.2) is 0 Å². The number of nitrogens with one attached hydrogen (secondary N) is 1. The first kappa shape index (κ1) is 18.1. The fourth-order valence-corrected chi connectivity index (χ4v) is 5.33. The van der Waals surface area contributed by atoms with Crippen LogP contribution in [0.2, 0.25) is 0 Å². The van der Waals surface area contributed by atoms with Gasteiger partial charge in [0.05, 0.1) is 7.11 Å². The van der Waals surface area contributed by atoms with Crippen LogP contribution < -0.4 is 4.74 Å². The van der Waals surface area contributed by atoms with Crippen molar-refractivity contribution in [1.82, 2.24) is 9.29 Å². The van der Waals surface area contributed by atoms with Crippen LogP contribution in [0.3, 0.4) is 0 Å². The van der Waals surface area contributed by atoms with Gasteiger partial charge < -0.3 is 9.72 Å². The molecule has 27 heavy (non-hydrogen) atoms. The van der Waals surface area contributed by atoms with Crippen LogP contribution in [-0.2, 0) is 15.4 Å². The van der Waals surface area contributed by atoms with Crippen molar-refractivity contribution >= 4 is 20.9 Å². The highest BCUT2D eigenvalue weighted by Crippen LogP contribution is 2.51. The van der Waals surface area contributed by atoms with Gasteiger partial charge >= 0.3 is 0 Å². The highest BCUT2D eigenvalue weighted by molar-refractivity contribution is 7.89. The number of aromatic nitrogens is 1. The highest BCUT2D eigenvalue weighted by atomic mass is 32.2. The van der Waals surface area contributed by atoms with E-state index in [-0.39, 0.29) is 10.3 Å². The van der Waals surface area contributed by atoms with Crippen molar-refractivity contribution in [2.45, 2.75) is 30.1 Å². The molecule has 1 aromatic heterocycles. The van der Waals surface area contributed by atoms with Gasteiger partial charge in [0.1, 0.15) is 10.6 Å². The molecule has 6 heteroatoms. The lowest BCUT2D eigenvalue weighted by Gasteiger charge is -2.24. The summed E-state index contributed by atoms with van der Waals surface area (Å²) in [5.41, 5.74) is 3.06. The summed E-state index contributed by atoms with van der Waals surface area (Å²) in [6.45, 7) is 2.33. The Kier molecular flexibility index (Phi) is 4.28. The molecular formula is C21H24N2O3S. The minimum atomic E-state index is -3.64. The van der Waals surface area contributed by atoms with Crippen LogP contribution in [-0.4, -0.2) is 38.4 Å². The first-order valence-electron chi connectivity index (χ1n) is 9.05. The summed E-state index contributed by atoms with van der Waals surface area (Å²) >= 11 is 0. The number of methoxy groups -OCH3 is 1. The smallest absolute Gasteiger partial charge is 0.246 e. The Morgan fingerprint density at radius 1 is 1.19 bits per heavy atom. The number of hydrogen-bond acceptors (Lipinski definition) is 3. The van der Waals surface area contributed by atoms with Crippen molar-refractivity contribution in [1.29, 1.82) is 0 Å². The first-order valence-corrected chi connectivity index (χ1v) is 10.5. The molecule has 1 N–H and O–H groups in total. The number of H-pyrrole nitrogens is 1. The van der Waals surface area contributed by atoms with E-state index in [4.69, 9.17) is 4.74 Å². The second-order valence-electron chi connectivity index (χ2n) is 7.44. The third-order valence-electron chi connectivity index (χ3n) is 5.55. The van der Waals surface area contributed by atoms with E-state index in [0.717, 1.165) is 23.9 Å². The van der Waals surface area contributed by atoms with Gasteiger partial charge in [-0.05, 0) is 49.1 Å². The van der Waals surface area contributed by atoms with Gasteiger partial charge in [-0.1, -0.05) is 24.3 Å². The molecule has 0 amide bonds. The number of aromatic amines is 1. The van der Waals surface area contributed by atoms with Crippen LogP contribution in [0.5, 0.6) is 5.75 Å². The molecule has 1 aliphatic rings. The molecule has 2 aromatic carbocycles. The Morgan fingerprint density at radius 3 is 2.63 bits per heavy atom. The van der Waals surface area contributed by atoms with E-state index in [1.165, 1.54) is 22.4 Å². The molecule has 3 aromatic rings. The summed E-state index contributed by atoms with van der Waals surface area (Å²) in [6, 6.07) is 13.4. The van der Waals surface area contributed by atoms with Crippen molar-refractivity contribution in [2.75, 3.05) is 20.7 Å². The van der Waals surface area contributed by atoms with Crippen LogP contribution in [0.15, 0.2) is 53.6 Å². The lowest BCUT2D eigenvalue weighted by atomic mass is 9.95. The molecule has 0 bridgehead atoms. The number of ether oxygens (including phenoxy) is 1. The van der Waals surface area contributed by atoms with Gasteiger partial charge in [-0.3, -0.25) is 0 Å². The van der Waals surface area contributed by atoms with E-state index in [2.05, 4.69) is 11.1 Å². The van der Waals surface area contributed by atoms with Crippen LogP contribution in [0.4, 0.5) is 0 Å². The Labute approximate surface area is 160 Å². The van der Waals surface area contributed by atoms with E-state index < -0.39 is 10.0 Å². The van der Waals surface area contributed by atoms with Gasteiger partial charge in [-0.25, -0.2) is 8.42 Å². The van der Waals surface area contributed by atoms with Crippen molar-refractivity contribution < 1.29 is 13.2 Å². The molecule has 4 rings (SSSR count). The fourth-order valence-electron chi connectivity index (χ4n) is 3.84. The zero-order chi connectivity index (χ0) is 19.2. The van der Waals surface area contributed by atoms with E-state index in [1.807, 2.05) is 37.4 Å². The van der Waals surface area contributed by atoms with E-state index in [9.17, 15) is 8.42 Å². The number of likely N-dealkylation sites (N-methyl/N-ethyl adjacent to an activating group) is 1. The van der Waals surface area contributed by atoms with E-state index in [0.29, 0.717) is 12.3 Å². The average molecular weight is 385 g/mol. The average Bonchev–Trinajstić information content (AvgIpc) is 3.29. The maximum atomic E-state index is 13.2. The predicted molar refractivity (Wildman–Crippen MR) is 107 cm³/mol. The second kappa shape index (κ2) is 6.39. The molecule has 1 saturated carbocycles. The second-order valence-corrected chi connectivity index (χ2v) is 9.46. The van der Waals surface area contributed by atoms with E-state index >= 15 is 0 Å². The topological polar surface area (TPSA) is 62.4 Å². The first-order chi connectivity index (χ1) is 12.9. The molecule has 0 atom stereocenters. The monoisotopic (exact) mass is 384 g/mol. The highest BCUT2D eigenvalue weighted by Gasteiger charge is 2.48. The molecule has 0 spiro atoms. The summed E-state index contributed by atoms with van der Waals surface area (Å²) in [6.07, 6.45) is 4.00. The molecule has 5 nitrogen and oxygen atoms in total. The number of benzene rings is 2. The van der Waals surface area contributed by atoms with Gasteiger partial charge in [0.2, 0.25) is 10.0 Å². The molecule has 1 aliphatic carbocycles. The van der Waals surface area contributed by atoms with Gasteiger partial charge in [0.25, 0.3) is 0 Å². The maximum Gasteiger partial charge on any atom is 0.246 e. The van der Waals surface area contributed by atoms with Crippen molar-refractivity contribution in [3.63, 3.8) is 0 Å². The van der Waals surface area contributed by atoms with Crippen molar-refractivity contribution in [3.8, 4) is 5.75 Å². The maximum absolute atomic E-state index is 13.2. The van der Waals surface area contributed by atoms with Gasteiger partial charge in [-0.15, -0.1) is 0 Å². The number of aryl methyl sites for hydroxylation is 1. The zero-order valence-corrected chi connectivity index (χ0v) is 16.6. The van der Waals surface area contributed by atoms with Crippen molar-refractivity contribution in [2.24, 2.45) is 0 Å².